The van der Waals surface area contributed by atoms with Gasteiger partial charge in [-0.2, -0.15) is 0 Å². The first-order chi connectivity index (χ1) is 9.67. The van der Waals surface area contributed by atoms with E-state index in [-0.39, 0.29) is 11.5 Å². The number of aromatic nitrogens is 1. The molecule has 3 rings (SSSR count). The van der Waals surface area contributed by atoms with Crippen LogP contribution in [-0.4, -0.2) is 35.3 Å². The highest BCUT2D eigenvalue weighted by Gasteiger charge is 2.42. The molecule has 2 N–H and O–H groups in total. The van der Waals surface area contributed by atoms with Crippen molar-refractivity contribution >= 4 is 29.0 Å². The third kappa shape index (κ3) is 2.76. The Bertz CT molecular complexity index is 538. The lowest BCUT2D eigenvalue weighted by molar-refractivity contribution is -0.110. The van der Waals surface area contributed by atoms with Gasteiger partial charge in [0.15, 0.2) is 0 Å². The van der Waals surface area contributed by atoms with Gasteiger partial charge < -0.3 is 15.5 Å². The quantitative estimate of drug-likeness (QED) is 0.868. The standard InChI is InChI=1S/C13H15ClN4O2/c14-9-1-2-11(16-8-9)17-12(19)10-7-13(20-18-10)3-5-15-6-4-13/h1-2,8,15H,3-7H2,(H,16,17,19). The molecule has 106 valence electrons. The van der Waals surface area contributed by atoms with Crippen molar-refractivity contribution in [2.75, 3.05) is 18.4 Å². The molecule has 7 heteroatoms. The maximum atomic E-state index is 12.1. The zero-order valence-electron chi connectivity index (χ0n) is 10.9. The molecule has 0 bridgehead atoms. The molecule has 1 aromatic heterocycles. The number of amides is 1. The number of hydrogen-bond acceptors (Lipinski definition) is 5. The first kappa shape index (κ1) is 13.3. The van der Waals surface area contributed by atoms with Crippen LogP contribution in [0.2, 0.25) is 5.02 Å². The Hall–Kier alpha value is -1.66. The normalized spacial score (nSPS) is 20.4. The van der Waals surface area contributed by atoms with E-state index in [1.54, 1.807) is 12.1 Å². The van der Waals surface area contributed by atoms with Gasteiger partial charge in [-0.15, -0.1) is 0 Å². The molecule has 0 aliphatic carbocycles. The molecule has 0 saturated carbocycles. The summed E-state index contributed by atoms with van der Waals surface area (Å²) in [5.74, 6) is 0.184. The molecule has 1 fully saturated rings. The lowest BCUT2D eigenvalue weighted by Crippen LogP contribution is -2.42. The number of carbonyl (C=O) groups excluding carboxylic acids is 1. The van der Waals surface area contributed by atoms with E-state index in [0.29, 0.717) is 23.0 Å². The smallest absolute Gasteiger partial charge is 0.274 e. The maximum absolute atomic E-state index is 12.1. The Morgan fingerprint density at radius 1 is 1.40 bits per heavy atom. The van der Waals surface area contributed by atoms with E-state index in [1.165, 1.54) is 6.20 Å². The first-order valence-electron chi connectivity index (χ1n) is 6.56. The third-order valence-electron chi connectivity index (χ3n) is 3.58. The minimum atomic E-state index is -0.300. The van der Waals surface area contributed by atoms with E-state index in [4.69, 9.17) is 16.4 Å². The Labute approximate surface area is 121 Å². The van der Waals surface area contributed by atoms with Crippen LogP contribution in [0.3, 0.4) is 0 Å². The number of carbonyl (C=O) groups is 1. The van der Waals surface area contributed by atoms with Gasteiger partial charge in [-0.25, -0.2) is 4.98 Å². The van der Waals surface area contributed by atoms with E-state index in [1.807, 2.05) is 0 Å². The van der Waals surface area contributed by atoms with Crippen LogP contribution in [0.5, 0.6) is 0 Å². The molecule has 0 aromatic carbocycles. The Morgan fingerprint density at radius 2 is 2.20 bits per heavy atom. The van der Waals surface area contributed by atoms with Gasteiger partial charge in [-0.3, -0.25) is 4.79 Å². The summed E-state index contributed by atoms with van der Waals surface area (Å²) >= 11 is 5.75. The summed E-state index contributed by atoms with van der Waals surface area (Å²) in [5.41, 5.74) is 0.120. The van der Waals surface area contributed by atoms with Crippen LogP contribution in [0.4, 0.5) is 5.82 Å². The SMILES string of the molecule is O=C(Nc1ccc(Cl)cn1)C1=NOC2(CCNCC2)C1. The van der Waals surface area contributed by atoms with Crippen molar-refractivity contribution in [1.82, 2.24) is 10.3 Å². The highest BCUT2D eigenvalue weighted by Crippen LogP contribution is 2.32. The summed E-state index contributed by atoms with van der Waals surface area (Å²) in [4.78, 5) is 21.7. The topological polar surface area (TPSA) is 75.6 Å². The molecule has 1 aromatic rings. The van der Waals surface area contributed by atoms with Gasteiger partial charge >= 0.3 is 0 Å². The number of hydrogen-bond donors (Lipinski definition) is 2. The number of piperidine rings is 1. The van der Waals surface area contributed by atoms with E-state index in [2.05, 4.69) is 20.8 Å². The number of rotatable bonds is 2. The molecule has 1 saturated heterocycles. The van der Waals surface area contributed by atoms with Gasteiger partial charge in [-0.1, -0.05) is 16.8 Å². The number of anilines is 1. The van der Waals surface area contributed by atoms with Crippen molar-refractivity contribution < 1.29 is 9.63 Å². The lowest BCUT2D eigenvalue weighted by Gasteiger charge is -2.30. The van der Waals surface area contributed by atoms with Crippen LogP contribution in [0.25, 0.3) is 0 Å². The van der Waals surface area contributed by atoms with Gasteiger partial charge in [0.2, 0.25) is 0 Å². The minimum Gasteiger partial charge on any atom is -0.388 e. The highest BCUT2D eigenvalue weighted by molar-refractivity contribution is 6.43. The van der Waals surface area contributed by atoms with Crippen LogP contribution in [0, 0.1) is 0 Å². The van der Waals surface area contributed by atoms with Crippen molar-refractivity contribution in [1.29, 1.82) is 0 Å². The number of nitrogens with one attached hydrogen (secondary N) is 2. The van der Waals surface area contributed by atoms with Crippen molar-refractivity contribution in [3.05, 3.63) is 23.4 Å². The second-order valence-corrected chi connectivity index (χ2v) is 5.49. The number of halogens is 1. The minimum absolute atomic E-state index is 0.268. The Kier molecular flexibility index (Phi) is 3.58. The van der Waals surface area contributed by atoms with Crippen molar-refractivity contribution in [2.45, 2.75) is 24.9 Å². The zero-order chi connectivity index (χ0) is 14.0. The number of pyridine rings is 1. The second kappa shape index (κ2) is 5.38. The monoisotopic (exact) mass is 294 g/mol. The highest BCUT2D eigenvalue weighted by atomic mass is 35.5. The van der Waals surface area contributed by atoms with Crippen LogP contribution in [0.1, 0.15) is 19.3 Å². The van der Waals surface area contributed by atoms with Crippen LogP contribution < -0.4 is 10.6 Å². The van der Waals surface area contributed by atoms with Gasteiger partial charge in [-0.05, 0) is 25.2 Å². The molecule has 1 amide bonds. The maximum Gasteiger partial charge on any atom is 0.274 e. The summed E-state index contributed by atoms with van der Waals surface area (Å²) in [6.45, 7) is 1.78. The van der Waals surface area contributed by atoms with Crippen molar-refractivity contribution in [3.8, 4) is 0 Å². The van der Waals surface area contributed by atoms with Gasteiger partial charge in [0.25, 0.3) is 5.91 Å². The molecule has 0 radical (unpaired) electrons. The van der Waals surface area contributed by atoms with Crippen molar-refractivity contribution in [3.63, 3.8) is 0 Å². The average molecular weight is 295 g/mol. The van der Waals surface area contributed by atoms with E-state index in [0.717, 1.165) is 25.9 Å². The predicted molar refractivity (Wildman–Crippen MR) is 75.8 cm³/mol. The van der Waals surface area contributed by atoms with Gasteiger partial charge in [0.05, 0.1) is 5.02 Å². The lowest BCUT2D eigenvalue weighted by atomic mass is 9.87. The number of nitrogens with zero attached hydrogens (tertiary/aromatic N) is 2. The summed E-state index contributed by atoms with van der Waals surface area (Å²) in [5, 5.41) is 10.4. The summed E-state index contributed by atoms with van der Waals surface area (Å²) in [6, 6.07) is 3.32. The fourth-order valence-electron chi connectivity index (χ4n) is 2.43. The fourth-order valence-corrected chi connectivity index (χ4v) is 2.54. The number of oxime groups is 1. The molecule has 0 unspecified atom stereocenters. The van der Waals surface area contributed by atoms with Crippen LogP contribution in [0.15, 0.2) is 23.5 Å². The van der Waals surface area contributed by atoms with E-state index in [9.17, 15) is 4.79 Å². The third-order valence-corrected chi connectivity index (χ3v) is 3.81. The first-order valence-corrected chi connectivity index (χ1v) is 6.93. The fraction of sp³-hybridized carbons (Fsp3) is 0.462. The predicted octanol–water partition coefficient (Wildman–Crippen LogP) is 1.57. The molecular formula is C13H15ClN4O2. The second-order valence-electron chi connectivity index (χ2n) is 5.05. The molecular weight excluding hydrogens is 280 g/mol. The van der Waals surface area contributed by atoms with E-state index < -0.39 is 0 Å². The van der Waals surface area contributed by atoms with E-state index >= 15 is 0 Å². The Morgan fingerprint density at radius 3 is 2.90 bits per heavy atom. The van der Waals surface area contributed by atoms with Crippen LogP contribution in [-0.2, 0) is 9.63 Å². The zero-order valence-corrected chi connectivity index (χ0v) is 11.6. The molecule has 2 aliphatic heterocycles. The summed E-state index contributed by atoms with van der Waals surface area (Å²) in [6.07, 6.45) is 3.77. The molecule has 20 heavy (non-hydrogen) atoms. The van der Waals surface area contributed by atoms with Gasteiger partial charge in [0.1, 0.15) is 17.1 Å². The molecule has 6 nitrogen and oxygen atoms in total. The Balaban J connectivity index is 1.62. The van der Waals surface area contributed by atoms with Gasteiger partial charge in [0, 0.05) is 25.5 Å². The summed E-state index contributed by atoms with van der Waals surface area (Å²) < 4.78 is 0. The molecule has 0 atom stereocenters. The largest absolute Gasteiger partial charge is 0.388 e. The van der Waals surface area contributed by atoms with Crippen LogP contribution >= 0.6 is 11.6 Å². The van der Waals surface area contributed by atoms with Crippen molar-refractivity contribution in [2.24, 2.45) is 5.16 Å². The molecule has 2 aliphatic rings. The molecule has 1 spiro atoms. The summed E-state index contributed by atoms with van der Waals surface area (Å²) in [7, 11) is 0. The average Bonchev–Trinajstić information content (AvgIpc) is 2.86. The molecule has 3 heterocycles.